The second-order valence-corrected chi connectivity index (χ2v) is 6.82. The Balaban J connectivity index is 1.58. The van der Waals surface area contributed by atoms with Crippen molar-refractivity contribution in [2.45, 2.75) is 19.3 Å². The van der Waals surface area contributed by atoms with Gasteiger partial charge in [0, 0.05) is 35.9 Å². The molecular formula is C23H21N3O2. The fourth-order valence-electron chi connectivity index (χ4n) is 3.49. The molecule has 1 aliphatic rings. The fourth-order valence-corrected chi connectivity index (χ4v) is 3.49. The monoisotopic (exact) mass is 371 g/mol. The third-order valence-corrected chi connectivity index (χ3v) is 4.90. The number of para-hydroxylation sites is 1. The molecule has 4 rings (SSSR count). The van der Waals surface area contributed by atoms with Gasteiger partial charge < -0.3 is 10.2 Å². The summed E-state index contributed by atoms with van der Waals surface area (Å²) in [6.07, 6.45) is 6.16. The van der Waals surface area contributed by atoms with Crippen LogP contribution in [0.2, 0.25) is 0 Å². The average molecular weight is 371 g/mol. The quantitative estimate of drug-likeness (QED) is 0.746. The minimum atomic E-state index is -0.252. The molecule has 0 radical (unpaired) electrons. The van der Waals surface area contributed by atoms with Crippen LogP contribution in [0.25, 0.3) is 0 Å². The average Bonchev–Trinajstić information content (AvgIpc) is 2.96. The summed E-state index contributed by atoms with van der Waals surface area (Å²) >= 11 is 0. The van der Waals surface area contributed by atoms with Crippen molar-refractivity contribution < 1.29 is 9.59 Å². The number of carbonyl (C=O) groups excluding carboxylic acids is 2. The van der Waals surface area contributed by atoms with E-state index >= 15 is 0 Å². The van der Waals surface area contributed by atoms with Gasteiger partial charge in [0.25, 0.3) is 11.8 Å². The van der Waals surface area contributed by atoms with Gasteiger partial charge in [-0.25, -0.2) is 0 Å². The van der Waals surface area contributed by atoms with Gasteiger partial charge in [-0.15, -0.1) is 0 Å². The van der Waals surface area contributed by atoms with E-state index in [2.05, 4.69) is 16.4 Å². The number of hydrogen-bond acceptors (Lipinski definition) is 3. The SMILES string of the molecule is O=C(Nc1cccc(C(=O)N2CCCCc3ccccc32)c1)c1cccnc1. The van der Waals surface area contributed by atoms with Crippen molar-refractivity contribution in [2.24, 2.45) is 0 Å². The van der Waals surface area contributed by atoms with Crippen molar-refractivity contribution in [3.05, 3.63) is 89.7 Å². The van der Waals surface area contributed by atoms with Crippen molar-refractivity contribution >= 4 is 23.2 Å². The number of nitrogens with zero attached hydrogens (tertiary/aromatic N) is 2. The lowest BCUT2D eigenvalue weighted by Crippen LogP contribution is -2.31. The molecule has 5 heteroatoms. The molecule has 0 bridgehead atoms. The zero-order valence-electron chi connectivity index (χ0n) is 15.5. The molecule has 28 heavy (non-hydrogen) atoms. The summed E-state index contributed by atoms with van der Waals surface area (Å²) in [6, 6.07) is 18.6. The number of rotatable bonds is 3. The van der Waals surface area contributed by atoms with Gasteiger partial charge in [-0.3, -0.25) is 14.6 Å². The molecule has 0 saturated carbocycles. The summed E-state index contributed by atoms with van der Waals surface area (Å²) < 4.78 is 0. The first kappa shape index (κ1) is 17.9. The Morgan fingerprint density at radius 2 is 1.79 bits per heavy atom. The maximum absolute atomic E-state index is 13.2. The number of carbonyl (C=O) groups is 2. The lowest BCUT2D eigenvalue weighted by atomic mass is 10.1. The molecular weight excluding hydrogens is 350 g/mol. The van der Waals surface area contributed by atoms with E-state index in [4.69, 9.17) is 0 Å². The van der Waals surface area contributed by atoms with Gasteiger partial charge in [-0.2, -0.15) is 0 Å². The second-order valence-electron chi connectivity index (χ2n) is 6.82. The van der Waals surface area contributed by atoms with E-state index in [1.54, 1.807) is 42.6 Å². The van der Waals surface area contributed by atoms with E-state index in [1.165, 1.54) is 11.8 Å². The van der Waals surface area contributed by atoms with E-state index < -0.39 is 0 Å². The molecule has 0 saturated heterocycles. The highest BCUT2D eigenvalue weighted by molar-refractivity contribution is 6.08. The van der Waals surface area contributed by atoms with Crippen molar-refractivity contribution in [3.63, 3.8) is 0 Å². The number of benzene rings is 2. The third kappa shape index (κ3) is 3.78. The Hall–Kier alpha value is -3.47. The van der Waals surface area contributed by atoms with Gasteiger partial charge in [0.2, 0.25) is 0 Å². The van der Waals surface area contributed by atoms with Crippen LogP contribution in [-0.4, -0.2) is 23.3 Å². The van der Waals surface area contributed by atoms with Crippen LogP contribution < -0.4 is 10.2 Å². The normalized spacial score (nSPS) is 13.4. The standard InChI is InChI=1S/C23H21N3O2/c27-22(19-10-6-13-24-16-19)25-20-11-5-9-18(15-20)23(28)26-14-4-3-8-17-7-1-2-12-21(17)26/h1-2,5-7,9-13,15-16H,3-4,8,14H2,(H,25,27). The summed E-state index contributed by atoms with van der Waals surface area (Å²) in [7, 11) is 0. The van der Waals surface area contributed by atoms with Crippen LogP contribution in [0.15, 0.2) is 73.1 Å². The minimum absolute atomic E-state index is 0.0492. The van der Waals surface area contributed by atoms with Gasteiger partial charge in [0.05, 0.1) is 5.56 Å². The van der Waals surface area contributed by atoms with Gasteiger partial charge in [0.15, 0.2) is 0 Å². The van der Waals surface area contributed by atoms with Crippen LogP contribution in [0.1, 0.15) is 39.1 Å². The van der Waals surface area contributed by atoms with Gasteiger partial charge in [0.1, 0.15) is 0 Å². The Bertz CT molecular complexity index is 1000. The number of fused-ring (bicyclic) bond motifs is 1. The van der Waals surface area contributed by atoms with Crippen molar-refractivity contribution in [1.82, 2.24) is 4.98 Å². The second kappa shape index (κ2) is 8.05. The van der Waals surface area contributed by atoms with E-state index in [9.17, 15) is 9.59 Å². The molecule has 5 nitrogen and oxygen atoms in total. The number of aryl methyl sites for hydroxylation is 1. The number of amides is 2. The van der Waals surface area contributed by atoms with Crippen LogP contribution >= 0.6 is 0 Å². The molecule has 2 aromatic carbocycles. The van der Waals surface area contributed by atoms with E-state index in [1.807, 2.05) is 23.1 Å². The molecule has 3 aromatic rings. The molecule has 1 aromatic heterocycles. The number of pyridine rings is 1. The van der Waals surface area contributed by atoms with Crippen molar-refractivity contribution in [1.29, 1.82) is 0 Å². The van der Waals surface area contributed by atoms with E-state index in [0.29, 0.717) is 23.4 Å². The maximum atomic E-state index is 13.2. The highest BCUT2D eigenvalue weighted by Gasteiger charge is 2.22. The van der Waals surface area contributed by atoms with E-state index in [0.717, 1.165) is 24.9 Å². The zero-order valence-corrected chi connectivity index (χ0v) is 15.5. The maximum Gasteiger partial charge on any atom is 0.258 e. The van der Waals surface area contributed by atoms with Crippen molar-refractivity contribution in [3.8, 4) is 0 Å². The smallest absolute Gasteiger partial charge is 0.258 e. The zero-order chi connectivity index (χ0) is 19.3. The Morgan fingerprint density at radius 1 is 0.929 bits per heavy atom. The van der Waals surface area contributed by atoms with Crippen LogP contribution in [0.5, 0.6) is 0 Å². The van der Waals surface area contributed by atoms with Gasteiger partial charge in [-0.1, -0.05) is 24.3 Å². The predicted molar refractivity (Wildman–Crippen MR) is 110 cm³/mol. The highest BCUT2D eigenvalue weighted by Crippen LogP contribution is 2.28. The summed E-state index contributed by atoms with van der Waals surface area (Å²) in [5.74, 6) is -0.301. The molecule has 0 aliphatic carbocycles. The molecule has 1 N–H and O–H groups in total. The molecule has 0 unspecified atom stereocenters. The van der Waals surface area contributed by atoms with Crippen LogP contribution in [-0.2, 0) is 6.42 Å². The number of anilines is 2. The van der Waals surface area contributed by atoms with Crippen LogP contribution in [0.3, 0.4) is 0 Å². The molecule has 1 aliphatic heterocycles. The summed E-state index contributed by atoms with van der Waals surface area (Å²) in [5.41, 5.74) is 3.80. The first-order valence-electron chi connectivity index (χ1n) is 9.43. The summed E-state index contributed by atoms with van der Waals surface area (Å²) in [4.78, 5) is 31.4. The predicted octanol–water partition coefficient (Wildman–Crippen LogP) is 4.32. The van der Waals surface area contributed by atoms with Crippen molar-refractivity contribution in [2.75, 3.05) is 16.8 Å². The molecule has 2 amide bonds. The number of nitrogens with one attached hydrogen (secondary N) is 1. The molecule has 2 heterocycles. The summed E-state index contributed by atoms with van der Waals surface area (Å²) in [6.45, 7) is 0.697. The first-order valence-corrected chi connectivity index (χ1v) is 9.43. The van der Waals surface area contributed by atoms with Crippen LogP contribution in [0.4, 0.5) is 11.4 Å². The lowest BCUT2D eigenvalue weighted by Gasteiger charge is -2.23. The Labute approximate surface area is 164 Å². The fraction of sp³-hybridized carbons (Fsp3) is 0.174. The lowest BCUT2D eigenvalue weighted by molar-refractivity contribution is 0.0984. The van der Waals surface area contributed by atoms with Gasteiger partial charge >= 0.3 is 0 Å². The van der Waals surface area contributed by atoms with E-state index in [-0.39, 0.29) is 11.8 Å². The Morgan fingerprint density at radius 3 is 2.64 bits per heavy atom. The van der Waals surface area contributed by atoms with Crippen LogP contribution in [0, 0.1) is 0 Å². The number of hydrogen-bond donors (Lipinski definition) is 1. The minimum Gasteiger partial charge on any atom is -0.322 e. The van der Waals surface area contributed by atoms with Gasteiger partial charge in [-0.05, 0) is 61.2 Å². The number of aromatic nitrogens is 1. The summed E-state index contributed by atoms with van der Waals surface area (Å²) in [5, 5.41) is 2.84. The molecule has 0 fully saturated rings. The topological polar surface area (TPSA) is 62.3 Å². The first-order chi connectivity index (χ1) is 13.7. The third-order valence-electron chi connectivity index (χ3n) is 4.90. The molecule has 0 spiro atoms. The largest absolute Gasteiger partial charge is 0.322 e. The molecule has 0 atom stereocenters. The Kier molecular flexibility index (Phi) is 5.15. The molecule has 140 valence electrons. The highest BCUT2D eigenvalue weighted by atomic mass is 16.2.